The van der Waals surface area contributed by atoms with E-state index in [0.717, 1.165) is 5.56 Å². The second-order valence-corrected chi connectivity index (χ2v) is 3.94. The van der Waals surface area contributed by atoms with Crippen molar-refractivity contribution in [2.45, 2.75) is 33.2 Å². The minimum atomic E-state index is -0.486. The Bertz CT molecular complexity index is 451. The molecule has 0 radical (unpaired) electrons. The van der Waals surface area contributed by atoms with Crippen molar-refractivity contribution in [3.63, 3.8) is 0 Å². The molecule has 0 saturated heterocycles. The number of rotatable bonds is 4. The molecule has 16 heavy (non-hydrogen) atoms. The van der Waals surface area contributed by atoms with Gasteiger partial charge in [-0.2, -0.15) is 4.98 Å². The topological polar surface area (TPSA) is 101 Å². The van der Waals surface area contributed by atoms with Gasteiger partial charge in [0.2, 0.25) is 5.91 Å². The summed E-state index contributed by atoms with van der Waals surface area (Å²) in [4.78, 5) is 28.4. The maximum atomic E-state index is 11.3. The molecule has 0 aliphatic carbocycles. The number of anilines is 1. The molecular formula is C10H16N4O2. The van der Waals surface area contributed by atoms with Gasteiger partial charge in [-0.15, -0.1) is 0 Å². The van der Waals surface area contributed by atoms with Gasteiger partial charge in [0.1, 0.15) is 5.82 Å². The first kappa shape index (κ1) is 12.2. The first-order valence-corrected chi connectivity index (χ1v) is 5.04. The van der Waals surface area contributed by atoms with Crippen LogP contribution < -0.4 is 16.7 Å². The van der Waals surface area contributed by atoms with Crippen molar-refractivity contribution < 1.29 is 4.79 Å². The molecule has 0 unspecified atom stereocenters. The maximum absolute atomic E-state index is 11.3. The summed E-state index contributed by atoms with van der Waals surface area (Å²) in [6.45, 7) is 5.66. The predicted octanol–water partition coefficient (Wildman–Crippen LogP) is -0.0736. The number of nitrogens with two attached hydrogens (primary N) is 1. The predicted molar refractivity (Wildman–Crippen MR) is 61.3 cm³/mol. The normalized spacial score (nSPS) is 10.5. The van der Waals surface area contributed by atoms with Gasteiger partial charge in [-0.05, 0) is 20.8 Å². The Kier molecular flexibility index (Phi) is 3.65. The monoisotopic (exact) mass is 224 g/mol. The lowest BCUT2D eigenvalue weighted by atomic mass is 10.1. The fourth-order valence-electron chi connectivity index (χ4n) is 1.34. The lowest BCUT2D eigenvalue weighted by Gasteiger charge is -2.13. The highest BCUT2D eigenvalue weighted by molar-refractivity contribution is 5.76. The summed E-state index contributed by atoms with van der Waals surface area (Å²) in [5.74, 6) is 0.00967. The smallest absolute Gasteiger partial charge is 0.347 e. The summed E-state index contributed by atoms with van der Waals surface area (Å²) in [6.07, 6.45) is 0.0103. The number of primary amides is 1. The minimum Gasteiger partial charge on any atom is -0.369 e. The molecule has 0 bridgehead atoms. The number of aromatic amines is 1. The molecule has 1 heterocycles. The van der Waals surface area contributed by atoms with E-state index in [4.69, 9.17) is 5.73 Å². The largest absolute Gasteiger partial charge is 0.369 e. The van der Waals surface area contributed by atoms with Crippen molar-refractivity contribution in [3.05, 3.63) is 21.7 Å². The van der Waals surface area contributed by atoms with Crippen LogP contribution in [0.5, 0.6) is 0 Å². The lowest BCUT2D eigenvalue weighted by molar-refractivity contribution is -0.117. The van der Waals surface area contributed by atoms with Crippen molar-refractivity contribution in [3.8, 4) is 0 Å². The van der Waals surface area contributed by atoms with E-state index in [1.54, 1.807) is 6.92 Å². The molecule has 4 N–H and O–H groups in total. The van der Waals surface area contributed by atoms with E-state index in [0.29, 0.717) is 11.5 Å². The third kappa shape index (κ3) is 3.08. The quantitative estimate of drug-likeness (QED) is 0.666. The summed E-state index contributed by atoms with van der Waals surface area (Å²) in [6, 6.07) is 0.162. The molecule has 1 aromatic heterocycles. The van der Waals surface area contributed by atoms with Gasteiger partial charge >= 0.3 is 5.69 Å². The second kappa shape index (κ2) is 4.78. The molecule has 0 aliphatic rings. The highest BCUT2D eigenvalue weighted by atomic mass is 16.1. The van der Waals surface area contributed by atoms with E-state index in [9.17, 15) is 9.59 Å². The molecule has 0 spiro atoms. The zero-order valence-electron chi connectivity index (χ0n) is 9.63. The summed E-state index contributed by atoms with van der Waals surface area (Å²) >= 11 is 0. The molecular weight excluding hydrogens is 208 g/mol. The van der Waals surface area contributed by atoms with E-state index in [-0.39, 0.29) is 12.5 Å². The Labute approximate surface area is 93.3 Å². The van der Waals surface area contributed by atoms with E-state index < -0.39 is 11.6 Å². The zero-order chi connectivity index (χ0) is 12.3. The minimum absolute atomic E-state index is 0.0103. The number of aromatic nitrogens is 2. The Morgan fingerprint density at radius 1 is 1.56 bits per heavy atom. The zero-order valence-corrected chi connectivity index (χ0v) is 9.63. The first-order chi connectivity index (χ1) is 7.40. The standard InChI is InChI=1S/C10H16N4O2/c1-5(2)12-9-6(3)7(4-8(11)15)13-10(16)14-9/h5H,4H2,1-3H3,(H2,11,15)(H2,12,13,14,16). The molecule has 1 amide bonds. The molecule has 0 fully saturated rings. The van der Waals surface area contributed by atoms with Crippen LogP contribution in [0.25, 0.3) is 0 Å². The average molecular weight is 224 g/mol. The summed E-state index contributed by atoms with van der Waals surface area (Å²) in [5, 5.41) is 3.04. The van der Waals surface area contributed by atoms with Crippen LogP contribution >= 0.6 is 0 Å². The maximum Gasteiger partial charge on any atom is 0.347 e. The number of hydrogen-bond donors (Lipinski definition) is 3. The number of nitrogens with one attached hydrogen (secondary N) is 2. The molecule has 0 saturated carbocycles. The summed E-state index contributed by atoms with van der Waals surface area (Å²) < 4.78 is 0. The lowest BCUT2D eigenvalue weighted by Crippen LogP contribution is -2.24. The SMILES string of the molecule is Cc1c(NC(C)C)nc(=O)[nH]c1CC(N)=O. The van der Waals surface area contributed by atoms with Crippen LogP contribution in [-0.2, 0) is 11.2 Å². The Morgan fingerprint density at radius 3 is 2.69 bits per heavy atom. The van der Waals surface area contributed by atoms with Crippen molar-refractivity contribution in [2.24, 2.45) is 5.73 Å². The number of carbonyl (C=O) groups is 1. The van der Waals surface area contributed by atoms with Crippen LogP contribution in [0.2, 0.25) is 0 Å². The Hall–Kier alpha value is -1.85. The number of amides is 1. The van der Waals surface area contributed by atoms with Crippen LogP contribution in [0.15, 0.2) is 4.79 Å². The number of carbonyl (C=O) groups excluding carboxylic acids is 1. The van der Waals surface area contributed by atoms with Gasteiger partial charge in [0.15, 0.2) is 0 Å². The van der Waals surface area contributed by atoms with E-state index >= 15 is 0 Å². The molecule has 6 nitrogen and oxygen atoms in total. The van der Waals surface area contributed by atoms with Crippen molar-refractivity contribution in [2.75, 3.05) is 5.32 Å². The van der Waals surface area contributed by atoms with Crippen LogP contribution in [0.4, 0.5) is 5.82 Å². The van der Waals surface area contributed by atoms with Crippen LogP contribution in [-0.4, -0.2) is 21.9 Å². The van der Waals surface area contributed by atoms with Gasteiger partial charge in [0.05, 0.1) is 6.42 Å². The number of H-pyrrole nitrogens is 1. The van der Waals surface area contributed by atoms with E-state index in [2.05, 4.69) is 15.3 Å². The van der Waals surface area contributed by atoms with Gasteiger partial charge in [-0.25, -0.2) is 4.79 Å². The fourth-order valence-corrected chi connectivity index (χ4v) is 1.34. The van der Waals surface area contributed by atoms with Gasteiger partial charge < -0.3 is 16.0 Å². The van der Waals surface area contributed by atoms with Gasteiger partial charge in [0.25, 0.3) is 0 Å². The van der Waals surface area contributed by atoms with Crippen molar-refractivity contribution in [1.82, 2.24) is 9.97 Å². The Balaban J connectivity index is 3.15. The third-order valence-corrected chi connectivity index (χ3v) is 2.06. The van der Waals surface area contributed by atoms with Crippen LogP contribution in [0.1, 0.15) is 25.1 Å². The average Bonchev–Trinajstić information content (AvgIpc) is 2.11. The molecule has 1 rings (SSSR count). The second-order valence-electron chi connectivity index (χ2n) is 3.94. The summed E-state index contributed by atoms with van der Waals surface area (Å²) in [7, 11) is 0. The molecule has 0 atom stereocenters. The van der Waals surface area contributed by atoms with Gasteiger partial charge in [-0.3, -0.25) is 4.79 Å². The van der Waals surface area contributed by atoms with Crippen molar-refractivity contribution in [1.29, 1.82) is 0 Å². The fraction of sp³-hybridized carbons (Fsp3) is 0.500. The highest BCUT2D eigenvalue weighted by Gasteiger charge is 2.10. The van der Waals surface area contributed by atoms with Crippen LogP contribution in [0, 0.1) is 6.92 Å². The first-order valence-electron chi connectivity index (χ1n) is 5.04. The highest BCUT2D eigenvalue weighted by Crippen LogP contribution is 2.13. The summed E-state index contributed by atoms with van der Waals surface area (Å²) in [5.41, 5.74) is 5.86. The molecule has 1 aromatic rings. The van der Waals surface area contributed by atoms with Gasteiger partial charge in [-0.1, -0.05) is 0 Å². The number of nitrogens with zero attached hydrogens (tertiary/aromatic N) is 1. The van der Waals surface area contributed by atoms with E-state index in [1.807, 2.05) is 13.8 Å². The molecule has 0 aliphatic heterocycles. The molecule has 88 valence electrons. The van der Waals surface area contributed by atoms with Crippen molar-refractivity contribution >= 4 is 11.7 Å². The Morgan fingerprint density at radius 2 is 2.19 bits per heavy atom. The van der Waals surface area contributed by atoms with Gasteiger partial charge in [0, 0.05) is 17.3 Å². The van der Waals surface area contributed by atoms with E-state index in [1.165, 1.54) is 0 Å². The third-order valence-electron chi connectivity index (χ3n) is 2.06. The molecule has 0 aromatic carbocycles. The molecule has 6 heteroatoms. The number of hydrogen-bond acceptors (Lipinski definition) is 4. The van der Waals surface area contributed by atoms with Crippen LogP contribution in [0.3, 0.4) is 0 Å².